The zero-order chi connectivity index (χ0) is 18.0. The highest BCUT2D eigenvalue weighted by atomic mass is 16.6. The number of ether oxygens (including phenoxy) is 3. The minimum atomic E-state index is -2.06. The van der Waals surface area contributed by atoms with Crippen LogP contribution >= 0.6 is 0 Å². The second-order valence-corrected chi connectivity index (χ2v) is 5.80. The van der Waals surface area contributed by atoms with Gasteiger partial charge in [0.25, 0.3) is 0 Å². The largest absolute Gasteiger partial charge is 0.496 e. The van der Waals surface area contributed by atoms with Crippen LogP contribution in [0.3, 0.4) is 0 Å². The first-order chi connectivity index (χ1) is 10.5. The Kier molecular flexibility index (Phi) is 5.35. The lowest BCUT2D eigenvalue weighted by molar-refractivity contribution is -0.186. The topological polar surface area (TPSA) is 96.0 Å². The number of esters is 2. The summed E-state index contributed by atoms with van der Waals surface area (Å²) in [6.45, 7) is 7.04. The van der Waals surface area contributed by atoms with Gasteiger partial charge in [-0.3, -0.25) is 19.2 Å². The molecule has 0 aromatic heterocycles. The Hall–Kier alpha value is -2.18. The molecule has 3 atom stereocenters. The minimum absolute atomic E-state index is 0.111. The van der Waals surface area contributed by atoms with Gasteiger partial charge in [-0.05, 0) is 20.3 Å². The summed E-state index contributed by atoms with van der Waals surface area (Å²) >= 11 is 0. The monoisotopic (exact) mass is 326 g/mol. The van der Waals surface area contributed by atoms with E-state index in [4.69, 9.17) is 14.2 Å². The Morgan fingerprint density at radius 2 is 1.74 bits per heavy atom. The molecule has 7 heteroatoms. The van der Waals surface area contributed by atoms with Crippen LogP contribution in [-0.2, 0) is 33.4 Å². The van der Waals surface area contributed by atoms with Crippen molar-refractivity contribution in [3.63, 3.8) is 0 Å². The maximum Gasteiger partial charge on any atom is 0.310 e. The van der Waals surface area contributed by atoms with Crippen LogP contribution in [0.25, 0.3) is 0 Å². The first-order valence-electron chi connectivity index (χ1n) is 7.30. The van der Waals surface area contributed by atoms with Gasteiger partial charge in [0.1, 0.15) is 0 Å². The third-order valence-electron chi connectivity index (χ3n) is 3.96. The summed E-state index contributed by atoms with van der Waals surface area (Å²) < 4.78 is 15.3. The Bertz CT molecular complexity index is 577. The van der Waals surface area contributed by atoms with E-state index in [0.717, 1.165) is 13.0 Å². The quantitative estimate of drug-likeness (QED) is 0.555. The van der Waals surface area contributed by atoms with Crippen LogP contribution in [0, 0.1) is 5.92 Å². The molecule has 23 heavy (non-hydrogen) atoms. The molecule has 0 aromatic rings. The van der Waals surface area contributed by atoms with Gasteiger partial charge in [-0.2, -0.15) is 0 Å². The molecule has 0 fully saturated rings. The van der Waals surface area contributed by atoms with Gasteiger partial charge in [0.05, 0.1) is 13.0 Å². The lowest BCUT2D eigenvalue weighted by Crippen LogP contribution is -2.61. The van der Waals surface area contributed by atoms with E-state index in [1.165, 1.54) is 21.0 Å². The number of hydrogen-bond donors (Lipinski definition) is 0. The number of rotatable bonds is 5. The summed E-state index contributed by atoms with van der Waals surface area (Å²) in [4.78, 5) is 48.5. The Balaban J connectivity index is 3.33. The van der Waals surface area contributed by atoms with Crippen LogP contribution in [0.5, 0.6) is 0 Å². The fourth-order valence-corrected chi connectivity index (χ4v) is 2.28. The maximum atomic E-state index is 12.8. The van der Waals surface area contributed by atoms with Crippen LogP contribution in [0.1, 0.15) is 41.0 Å². The lowest BCUT2D eigenvalue weighted by Gasteiger charge is -2.39. The van der Waals surface area contributed by atoms with E-state index in [2.05, 4.69) is 0 Å². The number of carbonyl (C=O) groups excluding carboxylic acids is 4. The van der Waals surface area contributed by atoms with Crippen molar-refractivity contribution in [2.24, 2.45) is 5.92 Å². The molecule has 0 N–H and O–H groups in total. The molecule has 0 spiro atoms. The maximum absolute atomic E-state index is 12.8. The van der Waals surface area contributed by atoms with Crippen molar-refractivity contribution in [1.82, 2.24) is 0 Å². The molecule has 0 unspecified atom stereocenters. The zero-order valence-corrected chi connectivity index (χ0v) is 14.2. The normalized spacial score (nSPS) is 28.7. The van der Waals surface area contributed by atoms with E-state index in [-0.39, 0.29) is 5.76 Å². The van der Waals surface area contributed by atoms with E-state index in [9.17, 15) is 19.2 Å². The molecule has 0 aromatic carbocycles. The van der Waals surface area contributed by atoms with E-state index >= 15 is 0 Å². The summed E-state index contributed by atoms with van der Waals surface area (Å²) in [5, 5.41) is 0. The standard InChI is InChI=1S/C16H22O7/c1-7-9(2)13(19)23-15(4)11(18)8-12(21-6)16(5,14(15)20)22-10(3)17/h8-9H,7H2,1-6H3/t9-,15-,16-/m1/s1. The average molecular weight is 326 g/mol. The Morgan fingerprint density at radius 3 is 2.17 bits per heavy atom. The van der Waals surface area contributed by atoms with Gasteiger partial charge in [0.2, 0.25) is 22.8 Å². The van der Waals surface area contributed by atoms with Crippen LogP contribution in [0.2, 0.25) is 0 Å². The Morgan fingerprint density at radius 1 is 1.17 bits per heavy atom. The summed E-state index contributed by atoms with van der Waals surface area (Å²) in [5.41, 5.74) is -3.90. The third kappa shape index (κ3) is 3.28. The number of hydrogen-bond acceptors (Lipinski definition) is 7. The summed E-state index contributed by atoms with van der Waals surface area (Å²) in [6.07, 6.45) is 1.52. The van der Waals surface area contributed by atoms with E-state index < -0.39 is 40.6 Å². The van der Waals surface area contributed by atoms with Gasteiger partial charge in [0, 0.05) is 13.0 Å². The molecular formula is C16H22O7. The van der Waals surface area contributed by atoms with Gasteiger partial charge in [-0.1, -0.05) is 13.8 Å². The van der Waals surface area contributed by atoms with Crippen molar-refractivity contribution in [3.8, 4) is 0 Å². The van der Waals surface area contributed by atoms with Crippen LogP contribution in [-0.4, -0.2) is 41.8 Å². The average Bonchev–Trinajstić information content (AvgIpc) is 2.48. The van der Waals surface area contributed by atoms with Gasteiger partial charge in [0.15, 0.2) is 5.76 Å². The van der Waals surface area contributed by atoms with E-state index in [1.54, 1.807) is 13.8 Å². The van der Waals surface area contributed by atoms with Gasteiger partial charge in [-0.25, -0.2) is 0 Å². The van der Waals surface area contributed by atoms with Crippen molar-refractivity contribution < 1.29 is 33.4 Å². The van der Waals surface area contributed by atoms with Gasteiger partial charge < -0.3 is 14.2 Å². The summed E-state index contributed by atoms with van der Waals surface area (Å²) in [6, 6.07) is 0. The predicted octanol–water partition coefficient (Wildman–Crippen LogP) is 1.34. The molecule has 1 rings (SSSR count). The Labute approximate surface area is 135 Å². The van der Waals surface area contributed by atoms with Crippen molar-refractivity contribution >= 4 is 23.5 Å². The second kappa shape index (κ2) is 6.52. The molecule has 128 valence electrons. The van der Waals surface area contributed by atoms with Crippen LogP contribution in [0.15, 0.2) is 11.8 Å². The summed E-state index contributed by atoms with van der Waals surface area (Å²) in [7, 11) is 1.25. The fraction of sp³-hybridized carbons (Fsp3) is 0.625. The smallest absolute Gasteiger partial charge is 0.310 e. The number of methoxy groups -OCH3 is 1. The van der Waals surface area contributed by atoms with Gasteiger partial charge in [-0.15, -0.1) is 0 Å². The third-order valence-corrected chi connectivity index (χ3v) is 3.96. The van der Waals surface area contributed by atoms with Crippen molar-refractivity contribution in [3.05, 3.63) is 11.8 Å². The molecule has 0 bridgehead atoms. The molecule has 0 saturated heterocycles. The SMILES string of the molecule is CC[C@@H](C)C(=O)O[C@]1(C)C(=O)C=C(OC)[C@@](C)(OC(C)=O)C1=O. The molecule has 1 aliphatic carbocycles. The molecule has 7 nitrogen and oxygen atoms in total. The predicted molar refractivity (Wildman–Crippen MR) is 79.2 cm³/mol. The number of Topliss-reactive ketones (excluding diaryl/α,β-unsaturated/α-hetero) is 1. The highest BCUT2D eigenvalue weighted by Gasteiger charge is 2.60. The number of carbonyl (C=O) groups is 4. The highest BCUT2D eigenvalue weighted by molar-refractivity contribution is 6.22. The number of ketones is 2. The van der Waals surface area contributed by atoms with Crippen molar-refractivity contribution in [2.75, 3.05) is 7.11 Å². The van der Waals surface area contributed by atoms with Crippen molar-refractivity contribution in [1.29, 1.82) is 0 Å². The van der Waals surface area contributed by atoms with E-state index in [1.807, 2.05) is 0 Å². The fourth-order valence-electron chi connectivity index (χ4n) is 2.28. The summed E-state index contributed by atoms with van der Waals surface area (Å²) in [5.74, 6) is -3.58. The molecular weight excluding hydrogens is 304 g/mol. The second-order valence-electron chi connectivity index (χ2n) is 5.80. The molecule has 1 aliphatic rings. The zero-order valence-electron chi connectivity index (χ0n) is 14.2. The van der Waals surface area contributed by atoms with Gasteiger partial charge >= 0.3 is 11.9 Å². The lowest BCUT2D eigenvalue weighted by atomic mass is 9.77. The van der Waals surface area contributed by atoms with Crippen molar-refractivity contribution in [2.45, 2.75) is 52.2 Å². The molecule has 0 aliphatic heterocycles. The van der Waals surface area contributed by atoms with Crippen LogP contribution in [0.4, 0.5) is 0 Å². The minimum Gasteiger partial charge on any atom is -0.496 e. The van der Waals surface area contributed by atoms with Crippen LogP contribution < -0.4 is 0 Å². The van der Waals surface area contributed by atoms with E-state index in [0.29, 0.717) is 6.42 Å². The molecule has 0 radical (unpaired) electrons. The highest BCUT2D eigenvalue weighted by Crippen LogP contribution is 2.36. The molecule has 0 saturated carbocycles. The first kappa shape index (κ1) is 18.9. The first-order valence-corrected chi connectivity index (χ1v) is 7.30. The molecule has 0 heterocycles. The molecule has 0 amide bonds.